The van der Waals surface area contributed by atoms with Crippen LogP contribution in [0.1, 0.15) is 19.8 Å². The molecule has 21 heavy (non-hydrogen) atoms. The lowest BCUT2D eigenvalue weighted by Gasteiger charge is -2.33. The predicted molar refractivity (Wildman–Crippen MR) is 81.1 cm³/mol. The third-order valence-electron chi connectivity index (χ3n) is 3.77. The van der Waals surface area contributed by atoms with Crippen LogP contribution in [0.25, 0.3) is 0 Å². The Morgan fingerprint density at radius 3 is 2.71 bits per heavy atom. The van der Waals surface area contributed by atoms with Gasteiger partial charge >= 0.3 is 5.97 Å². The molecule has 1 unspecified atom stereocenters. The smallest absolute Gasteiger partial charge is 0.310 e. The van der Waals surface area contributed by atoms with Crippen LogP contribution in [0.4, 0.5) is 5.69 Å². The number of hydrogen-bond donors (Lipinski definition) is 0. The first-order valence-electron chi connectivity index (χ1n) is 7.33. The van der Waals surface area contributed by atoms with Crippen molar-refractivity contribution in [2.45, 2.75) is 19.8 Å². The maximum atomic E-state index is 11.9. The topological polar surface area (TPSA) is 48.0 Å². The number of hydrogen-bond acceptors (Lipinski definition) is 5. The second-order valence-corrected chi connectivity index (χ2v) is 5.08. The summed E-state index contributed by atoms with van der Waals surface area (Å²) < 4.78 is 15.7. The number of carbonyl (C=O) groups excluding carboxylic acids is 1. The SMILES string of the molecule is CCOC(=O)C1CCCN(c2ccc(OC)c(OC)c2)C1. The largest absolute Gasteiger partial charge is 0.493 e. The molecule has 1 heterocycles. The summed E-state index contributed by atoms with van der Waals surface area (Å²) in [5, 5.41) is 0. The molecule has 1 aliphatic rings. The molecule has 1 aromatic rings. The molecule has 1 saturated heterocycles. The predicted octanol–water partition coefficient (Wildman–Crippen LogP) is 2.48. The molecular weight excluding hydrogens is 270 g/mol. The molecule has 1 fully saturated rings. The van der Waals surface area contributed by atoms with Crippen LogP contribution >= 0.6 is 0 Å². The normalized spacial score (nSPS) is 18.2. The average Bonchev–Trinajstić information content (AvgIpc) is 2.54. The van der Waals surface area contributed by atoms with Gasteiger partial charge in [0.05, 0.1) is 26.7 Å². The monoisotopic (exact) mass is 293 g/mol. The molecule has 1 aliphatic heterocycles. The number of esters is 1. The number of nitrogens with zero attached hydrogens (tertiary/aromatic N) is 1. The Morgan fingerprint density at radius 2 is 2.05 bits per heavy atom. The Kier molecular flexibility index (Phi) is 5.31. The molecule has 0 aromatic heterocycles. The van der Waals surface area contributed by atoms with E-state index >= 15 is 0 Å². The van der Waals surface area contributed by atoms with E-state index in [0.717, 1.165) is 25.1 Å². The van der Waals surface area contributed by atoms with E-state index in [9.17, 15) is 4.79 Å². The van der Waals surface area contributed by atoms with Crippen LogP contribution in [0.3, 0.4) is 0 Å². The van der Waals surface area contributed by atoms with Crippen molar-refractivity contribution in [2.75, 3.05) is 38.8 Å². The first kappa shape index (κ1) is 15.5. The Morgan fingerprint density at radius 1 is 1.29 bits per heavy atom. The molecule has 1 atom stereocenters. The molecule has 5 nitrogen and oxygen atoms in total. The molecular formula is C16H23NO4. The van der Waals surface area contributed by atoms with Crippen LogP contribution in [0.2, 0.25) is 0 Å². The van der Waals surface area contributed by atoms with Gasteiger partial charge in [0.25, 0.3) is 0 Å². The highest BCUT2D eigenvalue weighted by Crippen LogP contribution is 2.33. The van der Waals surface area contributed by atoms with Crippen molar-refractivity contribution in [3.63, 3.8) is 0 Å². The number of anilines is 1. The third-order valence-corrected chi connectivity index (χ3v) is 3.77. The molecule has 0 bridgehead atoms. The van der Waals surface area contributed by atoms with Crippen LogP contribution < -0.4 is 14.4 Å². The summed E-state index contributed by atoms with van der Waals surface area (Å²) in [6, 6.07) is 5.84. The van der Waals surface area contributed by atoms with Gasteiger partial charge in [0.15, 0.2) is 11.5 Å². The van der Waals surface area contributed by atoms with Crippen LogP contribution in [0, 0.1) is 5.92 Å². The summed E-state index contributed by atoms with van der Waals surface area (Å²) in [4.78, 5) is 14.1. The fourth-order valence-electron chi connectivity index (χ4n) is 2.69. The fourth-order valence-corrected chi connectivity index (χ4v) is 2.69. The first-order chi connectivity index (χ1) is 10.2. The van der Waals surface area contributed by atoms with E-state index in [-0.39, 0.29) is 11.9 Å². The van der Waals surface area contributed by atoms with Crippen LogP contribution in [-0.2, 0) is 9.53 Å². The molecule has 0 N–H and O–H groups in total. The standard InChI is InChI=1S/C16H23NO4/c1-4-21-16(18)12-6-5-9-17(11-12)13-7-8-14(19-2)15(10-13)20-3/h7-8,10,12H,4-6,9,11H2,1-3H3. The molecule has 5 heteroatoms. The van der Waals surface area contributed by atoms with Crippen molar-refractivity contribution < 1.29 is 19.0 Å². The number of methoxy groups -OCH3 is 2. The number of piperidine rings is 1. The molecule has 0 aliphatic carbocycles. The summed E-state index contributed by atoms with van der Waals surface area (Å²) in [5.74, 6) is 1.27. The van der Waals surface area contributed by atoms with Gasteiger partial charge in [-0.1, -0.05) is 0 Å². The van der Waals surface area contributed by atoms with Gasteiger partial charge in [-0.25, -0.2) is 0 Å². The third kappa shape index (κ3) is 3.60. The molecule has 0 spiro atoms. The lowest BCUT2D eigenvalue weighted by Crippen LogP contribution is -2.39. The molecule has 2 rings (SSSR count). The fraction of sp³-hybridized carbons (Fsp3) is 0.562. The highest BCUT2D eigenvalue weighted by Gasteiger charge is 2.27. The summed E-state index contributed by atoms with van der Waals surface area (Å²) in [6.07, 6.45) is 1.88. The van der Waals surface area contributed by atoms with Crippen molar-refractivity contribution >= 4 is 11.7 Å². The molecule has 0 saturated carbocycles. The zero-order chi connectivity index (χ0) is 15.2. The molecule has 116 valence electrons. The highest BCUT2D eigenvalue weighted by molar-refractivity contribution is 5.73. The van der Waals surface area contributed by atoms with Crippen molar-refractivity contribution in [3.8, 4) is 11.5 Å². The number of ether oxygens (including phenoxy) is 3. The van der Waals surface area contributed by atoms with E-state index in [1.807, 2.05) is 25.1 Å². The summed E-state index contributed by atoms with van der Waals surface area (Å²) in [7, 11) is 3.24. The van der Waals surface area contributed by atoms with E-state index in [1.165, 1.54) is 0 Å². The Labute approximate surface area is 125 Å². The second kappa shape index (κ2) is 7.20. The van der Waals surface area contributed by atoms with E-state index < -0.39 is 0 Å². The summed E-state index contributed by atoms with van der Waals surface area (Å²) in [5.41, 5.74) is 1.04. The van der Waals surface area contributed by atoms with E-state index in [4.69, 9.17) is 14.2 Å². The maximum Gasteiger partial charge on any atom is 0.310 e. The number of benzene rings is 1. The molecule has 0 radical (unpaired) electrons. The van der Waals surface area contributed by atoms with Crippen LogP contribution in [0.5, 0.6) is 11.5 Å². The minimum Gasteiger partial charge on any atom is -0.493 e. The van der Waals surface area contributed by atoms with Gasteiger partial charge in [0.1, 0.15) is 0 Å². The highest BCUT2D eigenvalue weighted by atomic mass is 16.5. The van der Waals surface area contributed by atoms with E-state index in [1.54, 1.807) is 14.2 Å². The Bertz CT molecular complexity index is 489. The second-order valence-electron chi connectivity index (χ2n) is 5.08. The average molecular weight is 293 g/mol. The van der Waals surface area contributed by atoms with Gasteiger partial charge in [-0.3, -0.25) is 4.79 Å². The lowest BCUT2D eigenvalue weighted by atomic mass is 9.97. The lowest BCUT2D eigenvalue weighted by molar-refractivity contribution is -0.148. The quantitative estimate of drug-likeness (QED) is 0.781. The van der Waals surface area contributed by atoms with E-state index in [0.29, 0.717) is 24.7 Å². The van der Waals surface area contributed by atoms with Crippen molar-refractivity contribution in [1.29, 1.82) is 0 Å². The molecule has 1 aromatic carbocycles. The van der Waals surface area contributed by atoms with Gasteiger partial charge < -0.3 is 19.1 Å². The minimum absolute atomic E-state index is 0.0493. The Balaban J connectivity index is 2.12. The van der Waals surface area contributed by atoms with Gasteiger partial charge in [-0.2, -0.15) is 0 Å². The van der Waals surface area contributed by atoms with Gasteiger partial charge in [-0.15, -0.1) is 0 Å². The Hall–Kier alpha value is -1.91. The zero-order valence-electron chi connectivity index (χ0n) is 12.9. The van der Waals surface area contributed by atoms with E-state index in [2.05, 4.69) is 4.90 Å². The first-order valence-corrected chi connectivity index (χ1v) is 7.33. The van der Waals surface area contributed by atoms with Crippen LogP contribution in [-0.4, -0.2) is 39.9 Å². The summed E-state index contributed by atoms with van der Waals surface area (Å²) >= 11 is 0. The summed E-state index contributed by atoms with van der Waals surface area (Å²) in [6.45, 7) is 3.90. The number of carbonyl (C=O) groups is 1. The van der Waals surface area contributed by atoms with Crippen LogP contribution in [0.15, 0.2) is 18.2 Å². The van der Waals surface area contributed by atoms with Gasteiger partial charge in [0, 0.05) is 24.8 Å². The molecule has 0 amide bonds. The maximum absolute atomic E-state index is 11.9. The van der Waals surface area contributed by atoms with Crippen molar-refractivity contribution in [1.82, 2.24) is 0 Å². The minimum atomic E-state index is -0.0947. The van der Waals surface area contributed by atoms with Gasteiger partial charge in [-0.05, 0) is 31.9 Å². The zero-order valence-corrected chi connectivity index (χ0v) is 12.9. The van der Waals surface area contributed by atoms with Crippen molar-refractivity contribution in [2.24, 2.45) is 5.92 Å². The van der Waals surface area contributed by atoms with Crippen molar-refractivity contribution in [3.05, 3.63) is 18.2 Å². The number of rotatable bonds is 5. The van der Waals surface area contributed by atoms with Gasteiger partial charge in [0.2, 0.25) is 0 Å².